The minimum Gasteiger partial charge on any atom is -0.310 e. The third kappa shape index (κ3) is 4.21. The lowest BCUT2D eigenvalue weighted by Crippen LogP contribution is -2.49. The van der Waals surface area contributed by atoms with Crippen LogP contribution in [0.2, 0.25) is 0 Å². The predicted octanol–water partition coefficient (Wildman–Crippen LogP) is 3.22. The smallest absolute Gasteiger partial charge is 0.0645 e. The summed E-state index contributed by atoms with van der Waals surface area (Å²) in [6.45, 7) is 10.3. The lowest BCUT2D eigenvalue weighted by molar-refractivity contribution is 0.0960. The van der Waals surface area contributed by atoms with Gasteiger partial charge in [-0.25, -0.2) is 4.68 Å². The first-order chi connectivity index (χ1) is 11.0. The van der Waals surface area contributed by atoms with Gasteiger partial charge in [0.05, 0.1) is 5.69 Å². The monoisotopic (exact) mass is 312 g/mol. The summed E-state index contributed by atoms with van der Waals surface area (Å²) in [6, 6.07) is 11.2. The molecule has 0 amide bonds. The Morgan fingerprint density at radius 1 is 1.13 bits per heavy atom. The fraction of sp³-hybridized carbons (Fsp3) is 0.526. The van der Waals surface area contributed by atoms with Gasteiger partial charge in [0.15, 0.2) is 0 Å². The van der Waals surface area contributed by atoms with E-state index >= 15 is 0 Å². The summed E-state index contributed by atoms with van der Waals surface area (Å²) < 4.78 is 1.89. The van der Waals surface area contributed by atoms with Crippen LogP contribution in [0.1, 0.15) is 39.2 Å². The van der Waals surface area contributed by atoms with Crippen molar-refractivity contribution in [3.8, 4) is 5.69 Å². The van der Waals surface area contributed by atoms with E-state index in [2.05, 4.69) is 60.4 Å². The van der Waals surface area contributed by atoms with Crippen LogP contribution in [0.15, 0.2) is 42.7 Å². The summed E-state index contributed by atoms with van der Waals surface area (Å²) in [5, 5.41) is 7.97. The Hall–Kier alpha value is -1.65. The van der Waals surface area contributed by atoms with E-state index in [1.807, 2.05) is 16.9 Å². The number of piperidine rings is 1. The number of nitrogens with zero attached hydrogens (tertiary/aromatic N) is 3. The Labute approximate surface area is 139 Å². The third-order valence-corrected chi connectivity index (χ3v) is 4.74. The number of benzene rings is 1. The Bertz CT molecular complexity index is 587. The lowest BCUT2D eigenvalue weighted by atomic mass is 9.98. The molecular weight excluding hydrogens is 284 g/mol. The zero-order chi connectivity index (χ0) is 16.3. The molecule has 0 bridgehead atoms. The number of likely N-dealkylation sites (tertiary alicyclic amines) is 1. The zero-order valence-electron chi connectivity index (χ0n) is 14.5. The summed E-state index contributed by atoms with van der Waals surface area (Å²) >= 11 is 0. The van der Waals surface area contributed by atoms with Crippen molar-refractivity contribution in [1.29, 1.82) is 0 Å². The molecule has 0 saturated carbocycles. The summed E-state index contributed by atoms with van der Waals surface area (Å²) in [4.78, 5) is 2.59. The Kier molecular flexibility index (Phi) is 4.83. The second kappa shape index (κ2) is 6.85. The first-order valence-electron chi connectivity index (χ1n) is 8.60. The topological polar surface area (TPSA) is 33.1 Å². The van der Waals surface area contributed by atoms with E-state index < -0.39 is 0 Å². The molecule has 0 aliphatic carbocycles. The number of nitrogens with one attached hydrogen (secondary N) is 1. The van der Waals surface area contributed by atoms with Crippen molar-refractivity contribution in [3.63, 3.8) is 0 Å². The van der Waals surface area contributed by atoms with E-state index in [4.69, 9.17) is 0 Å². The summed E-state index contributed by atoms with van der Waals surface area (Å²) in [7, 11) is 0. The zero-order valence-corrected chi connectivity index (χ0v) is 14.5. The molecule has 124 valence electrons. The van der Waals surface area contributed by atoms with E-state index in [-0.39, 0.29) is 0 Å². The molecule has 1 aromatic carbocycles. The third-order valence-electron chi connectivity index (χ3n) is 4.74. The first kappa shape index (κ1) is 16.2. The molecular formula is C19H28N4. The summed E-state index contributed by atoms with van der Waals surface area (Å²) in [5.74, 6) is 0. The van der Waals surface area contributed by atoms with Gasteiger partial charge in [0.2, 0.25) is 0 Å². The average molecular weight is 312 g/mol. The van der Waals surface area contributed by atoms with E-state index in [0.29, 0.717) is 11.6 Å². The number of hydrogen-bond acceptors (Lipinski definition) is 3. The van der Waals surface area contributed by atoms with Crippen LogP contribution in [-0.4, -0.2) is 39.4 Å². The van der Waals surface area contributed by atoms with Crippen LogP contribution < -0.4 is 5.32 Å². The highest BCUT2D eigenvalue weighted by Crippen LogP contribution is 2.20. The molecule has 1 N–H and O–H groups in total. The minimum atomic E-state index is 0.299. The largest absolute Gasteiger partial charge is 0.310 e. The molecule has 4 heteroatoms. The van der Waals surface area contributed by atoms with Crippen molar-refractivity contribution in [2.24, 2.45) is 0 Å². The van der Waals surface area contributed by atoms with Gasteiger partial charge >= 0.3 is 0 Å². The van der Waals surface area contributed by atoms with Crippen molar-refractivity contribution >= 4 is 0 Å². The molecule has 1 aliphatic heterocycles. The van der Waals surface area contributed by atoms with Crippen LogP contribution in [0.3, 0.4) is 0 Å². The van der Waals surface area contributed by atoms with Crippen LogP contribution in [0.25, 0.3) is 5.69 Å². The van der Waals surface area contributed by atoms with Gasteiger partial charge < -0.3 is 5.32 Å². The fourth-order valence-electron chi connectivity index (χ4n) is 3.20. The van der Waals surface area contributed by atoms with Crippen molar-refractivity contribution in [3.05, 3.63) is 48.3 Å². The van der Waals surface area contributed by atoms with Crippen LogP contribution in [0.4, 0.5) is 0 Å². The molecule has 3 rings (SSSR count). The maximum Gasteiger partial charge on any atom is 0.0645 e. The van der Waals surface area contributed by atoms with Crippen molar-refractivity contribution in [2.45, 2.75) is 51.7 Å². The van der Waals surface area contributed by atoms with Gasteiger partial charge in [-0.05, 0) is 57.4 Å². The Morgan fingerprint density at radius 3 is 2.39 bits per heavy atom. The fourth-order valence-corrected chi connectivity index (χ4v) is 3.20. The predicted molar refractivity (Wildman–Crippen MR) is 94.8 cm³/mol. The molecule has 0 radical (unpaired) electrons. The molecule has 0 unspecified atom stereocenters. The van der Waals surface area contributed by atoms with Gasteiger partial charge in [-0.15, -0.1) is 0 Å². The highest BCUT2D eigenvalue weighted by atomic mass is 15.3. The molecule has 2 aromatic rings. The van der Waals surface area contributed by atoms with Crippen molar-refractivity contribution < 1.29 is 0 Å². The highest BCUT2D eigenvalue weighted by molar-refractivity contribution is 5.33. The second-order valence-electron chi connectivity index (χ2n) is 7.43. The number of hydrogen-bond donors (Lipinski definition) is 1. The van der Waals surface area contributed by atoms with E-state index in [9.17, 15) is 0 Å². The molecule has 4 nitrogen and oxygen atoms in total. The molecule has 1 saturated heterocycles. The van der Waals surface area contributed by atoms with Crippen LogP contribution >= 0.6 is 0 Å². The van der Waals surface area contributed by atoms with Crippen LogP contribution in [0.5, 0.6) is 0 Å². The second-order valence-corrected chi connectivity index (χ2v) is 7.43. The standard InChI is InChI=1S/C19H28N4/c1-19(2,3)22-13-9-17(10-14-22)20-15-16-5-7-18(8-6-16)23-12-4-11-21-23/h4-8,11-12,17,20H,9-10,13-15H2,1-3H3. The maximum atomic E-state index is 4.26. The first-order valence-corrected chi connectivity index (χ1v) is 8.60. The molecule has 1 fully saturated rings. The van der Waals surface area contributed by atoms with Gasteiger partial charge in [-0.1, -0.05) is 12.1 Å². The molecule has 0 atom stereocenters. The van der Waals surface area contributed by atoms with E-state index in [1.54, 1.807) is 6.20 Å². The highest BCUT2D eigenvalue weighted by Gasteiger charge is 2.26. The molecule has 1 aromatic heterocycles. The van der Waals surface area contributed by atoms with E-state index in [0.717, 1.165) is 12.2 Å². The molecule has 23 heavy (non-hydrogen) atoms. The molecule has 2 heterocycles. The Balaban J connectivity index is 1.48. The lowest BCUT2D eigenvalue weighted by Gasteiger charge is -2.41. The van der Waals surface area contributed by atoms with Gasteiger partial charge in [-0.2, -0.15) is 5.10 Å². The SMILES string of the molecule is CC(C)(C)N1CCC(NCc2ccc(-n3cccn3)cc2)CC1. The molecule has 1 aliphatic rings. The summed E-state index contributed by atoms with van der Waals surface area (Å²) in [6.07, 6.45) is 6.25. The minimum absolute atomic E-state index is 0.299. The van der Waals surface area contributed by atoms with Crippen LogP contribution in [0, 0.1) is 0 Å². The number of rotatable bonds is 4. The quantitative estimate of drug-likeness (QED) is 0.941. The van der Waals surface area contributed by atoms with Gasteiger partial charge in [0, 0.05) is 43.6 Å². The molecule has 0 spiro atoms. The number of aromatic nitrogens is 2. The Morgan fingerprint density at radius 2 is 1.83 bits per heavy atom. The summed E-state index contributed by atoms with van der Waals surface area (Å²) in [5.41, 5.74) is 2.74. The average Bonchev–Trinajstić information content (AvgIpc) is 3.07. The maximum absolute atomic E-state index is 4.26. The van der Waals surface area contributed by atoms with Crippen molar-refractivity contribution in [1.82, 2.24) is 20.0 Å². The van der Waals surface area contributed by atoms with Gasteiger partial charge in [0.1, 0.15) is 0 Å². The normalized spacial score (nSPS) is 17.5. The van der Waals surface area contributed by atoms with Crippen molar-refractivity contribution in [2.75, 3.05) is 13.1 Å². The van der Waals surface area contributed by atoms with E-state index in [1.165, 1.54) is 31.5 Å². The van der Waals surface area contributed by atoms with Gasteiger partial charge in [-0.3, -0.25) is 4.90 Å². The van der Waals surface area contributed by atoms with Crippen LogP contribution in [-0.2, 0) is 6.54 Å². The van der Waals surface area contributed by atoms with Gasteiger partial charge in [0.25, 0.3) is 0 Å².